The molecule has 0 aliphatic carbocycles. The van der Waals surface area contributed by atoms with Gasteiger partial charge in [-0.15, -0.1) is 0 Å². The average molecular weight is 255 g/mol. The van der Waals surface area contributed by atoms with Gasteiger partial charge >= 0.3 is 6.03 Å². The van der Waals surface area contributed by atoms with Crippen molar-refractivity contribution in [1.82, 2.24) is 10.3 Å². The number of aromatic nitrogens is 1. The van der Waals surface area contributed by atoms with Crippen LogP contribution < -0.4 is 10.6 Å². The van der Waals surface area contributed by atoms with Crippen LogP contribution in [0.1, 0.15) is 16.7 Å². The predicted molar refractivity (Wildman–Crippen MR) is 76.0 cm³/mol. The molecule has 2 N–H and O–H groups in total. The van der Waals surface area contributed by atoms with Crippen molar-refractivity contribution in [3.05, 3.63) is 59.4 Å². The van der Waals surface area contributed by atoms with Crippen molar-refractivity contribution in [1.29, 1.82) is 0 Å². The lowest BCUT2D eigenvalue weighted by atomic mass is 10.1. The summed E-state index contributed by atoms with van der Waals surface area (Å²) in [6, 6.07) is 9.40. The molecule has 0 fully saturated rings. The van der Waals surface area contributed by atoms with Gasteiger partial charge in [-0.1, -0.05) is 18.2 Å². The molecule has 0 aliphatic heterocycles. The molecule has 4 heteroatoms. The van der Waals surface area contributed by atoms with Gasteiger partial charge in [-0.2, -0.15) is 0 Å². The summed E-state index contributed by atoms with van der Waals surface area (Å²) < 4.78 is 0. The van der Waals surface area contributed by atoms with Crippen LogP contribution in [-0.4, -0.2) is 11.0 Å². The second-order valence-electron chi connectivity index (χ2n) is 4.42. The quantitative estimate of drug-likeness (QED) is 0.885. The first-order chi connectivity index (χ1) is 9.16. The van der Waals surface area contributed by atoms with Gasteiger partial charge in [-0.3, -0.25) is 4.98 Å². The Morgan fingerprint density at radius 2 is 2.05 bits per heavy atom. The topological polar surface area (TPSA) is 54.0 Å². The van der Waals surface area contributed by atoms with E-state index < -0.39 is 0 Å². The van der Waals surface area contributed by atoms with Crippen molar-refractivity contribution in [3.63, 3.8) is 0 Å². The van der Waals surface area contributed by atoms with Gasteiger partial charge in [0.1, 0.15) is 0 Å². The number of carbonyl (C=O) groups is 1. The van der Waals surface area contributed by atoms with E-state index in [2.05, 4.69) is 15.6 Å². The van der Waals surface area contributed by atoms with Gasteiger partial charge in [0.05, 0.1) is 0 Å². The van der Waals surface area contributed by atoms with E-state index in [0.29, 0.717) is 6.54 Å². The number of anilines is 1. The Hall–Kier alpha value is -2.36. The number of rotatable bonds is 3. The standard InChI is InChI=1S/C15H17N3O/c1-11-5-3-7-14(12(11)2)18-15(19)17-10-13-6-4-8-16-9-13/h3-9H,10H2,1-2H3,(H2,17,18,19). The number of nitrogens with zero attached hydrogens (tertiary/aromatic N) is 1. The lowest BCUT2D eigenvalue weighted by Crippen LogP contribution is -2.28. The van der Waals surface area contributed by atoms with Crippen LogP contribution >= 0.6 is 0 Å². The highest BCUT2D eigenvalue weighted by Crippen LogP contribution is 2.17. The van der Waals surface area contributed by atoms with Gasteiger partial charge in [-0.05, 0) is 42.7 Å². The zero-order valence-electron chi connectivity index (χ0n) is 11.1. The van der Waals surface area contributed by atoms with Crippen LogP contribution in [0.25, 0.3) is 0 Å². The van der Waals surface area contributed by atoms with E-state index in [1.807, 2.05) is 44.2 Å². The van der Waals surface area contributed by atoms with Gasteiger partial charge in [0, 0.05) is 24.6 Å². The van der Waals surface area contributed by atoms with Crippen LogP contribution in [0.4, 0.5) is 10.5 Å². The maximum absolute atomic E-state index is 11.8. The summed E-state index contributed by atoms with van der Waals surface area (Å²) in [6.07, 6.45) is 3.44. The zero-order chi connectivity index (χ0) is 13.7. The Labute approximate surface area is 112 Å². The molecule has 0 atom stereocenters. The molecule has 0 saturated heterocycles. The largest absolute Gasteiger partial charge is 0.334 e. The van der Waals surface area contributed by atoms with Crippen LogP contribution in [0.5, 0.6) is 0 Å². The van der Waals surface area contributed by atoms with E-state index in [9.17, 15) is 4.79 Å². The van der Waals surface area contributed by atoms with Crippen LogP contribution in [0.15, 0.2) is 42.7 Å². The summed E-state index contributed by atoms with van der Waals surface area (Å²) in [5, 5.41) is 5.65. The molecule has 1 aromatic carbocycles. The van der Waals surface area contributed by atoms with Gasteiger partial charge in [-0.25, -0.2) is 4.79 Å². The Balaban J connectivity index is 1.93. The monoisotopic (exact) mass is 255 g/mol. The van der Waals surface area contributed by atoms with Crippen LogP contribution in [-0.2, 0) is 6.54 Å². The molecule has 1 aromatic heterocycles. The third-order valence-corrected chi connectivity index (χ3v) is 3.03. The highest BCUT2D eigenvalue weighted by atomic mass is 16.2. The summed E-state index contributed by atoms with van der Waals surface area (Å²) in [4.78, 5) is 15.8. The minimum atomic E-state index is -0.211. The number of pyridine rings is 1. The molecule has 0 spiro atoms. The molecule has 0 unspecified atom stereocenters. The molecule has 0 aliphatic rings. The molecule has 2 amide bonds. The SMILES string of the molecule is Cc1cccc(NC(=O)NCc2cccnc2)c1C. The van der Waals surface area contributed by atoms with E-state index in [1.54, 1.807) is 12.4 Å². The Morgan fingerprint density at radius 1 is 1.21 bits per heavy atom. The van der Waals surface area contributed by atoms with Crippen LogP contribution in [0.3, 0.4) is 0 Å². The Morgan fingerprint density at radius 3 is 2.79 bits per heavy atom. The van der Waals surface area contributed by atoms with Gasteiger partial charge in [0.2, 0.25) is 0 Å². The third-order valence-electron chi connectivity index (χ3n) is 3.03. The first kappa shape index (κ1) is 13.1. The molecule has 98 valence electrons. The molecule has 0 saturated carbocycles. The van der Waals surface area contributed by atoms with E-state index in [-0.39, 0.29) is 6.03 Å². The fourth-order valence-corrected chi connectivity index (χ4v) is 1.74. The first-order valence-electron chi connectivity index (χ1n) is 6.17. The summed E-state index contributed by atoms with van der Waals surface area (Å²) in [5.74, 6) is 0. The van der Waals surface area contributed by atoms with Crippen molar-refractivity contribution < 1.29 is 4.79 Å². The van der Waals surface area contributed by atoms with Gasteiger partial charge in [0.15, 0.2) is 0 Å². The molecule has 2 rings (SSSR count). The van der Waals surface area contributed by atoms with E-state index >= 15 is 0 Å². The number of aryl methyl sites for hydroxylation is 1. The van der Waals surface area contributed by atoms with E-state index in [4.69, 9.17) is 0 Å². The number of carbonyl (C=O) groups excluding carboxylic acids is 1. The Bertz CT molecular complexity index is 567. The highest BCUT2D eigenvalue weighted by molar-refractivity contribution is 5.90. The van der Waals surface area contributed by atoms with E-state index in [0.717, 1.165) is 22.4 Å². The maximum atomic E-state index is 11.8. The molecule has 2 aromatic rings. The fraction of sp³-hybridized carbons (Fsp3) is 0.200. The lowest BCUT2D eigenvalue weighted by Gasteiger charge is -2.11. The van der Waals surface area contributed by atoms with Crippen molar-refractivity contribution in [2.75, 3.05) is 5.32 Å². The van der Waals surface area contributed by atoms with Crippen molar-refractivity contribution in [2.45, 2.75) is 20.4 Å². The number of urea groups is 1. The normalized spacial score (nSPS) is 10.0. The van der Waals surface area contributed by atoms with Crippen molar-refractivity contribution in [2.24, 2.45) is 0 Å². The third kappa shape index (κ3) is 3.55. The minimum Gasteiger partial charge on any atom is -0.334 e. The second kappa shape index (κ2) is 6.00. The molecule has 4 nitrogen and oxygen atoms in total. The molecular formula is C15H17N3O. The van der Waals surface area contributed by atoms with E-state index in [1.165, 1.54) is 0 Å². The number of benzene rings is 1. The molecule has 0 bridgehead atoms. The lowest BCUT2D eigenvalue weighted by molar-refractivity contribution is 0.251. The van der Waals surface area contributed by atoms with Gasteiger partial charge < -0.3 is 10.6 Å². The number of hydrogen-bond donors (Lipinski definition) is 2. The molecule has 1 heterocycles. The number of amides is 2. The number of nitrogens with one attached hydrogen (secondary N) is 2. The van der Waals surface area contributed by atoms with Crippen LogP contribution in [0, 0.1) is 13.8 Å². The maximum Gasteiger partial charge on any atom is 0.319 e. The zero-order valence-corrected chi connectivity index (χ0v) is 11.1. The van der Waals surface area contributed by atoms with Gasteiger partial charge in [0.25, 0.3) is 0 Å². The number of hydrogen-bond acceptors (Lipinski definition) is 2. The van der Waals surface area contributed by atoms with Crippen molar-refractivity contribution >= 4 is 11.7 Å². The summed E-state index contributed by atoms with van der Waals surface area (Å²) in [7, 11) is 0. The Kier molecular flexibility index (Phi) is 4.13. The fourth-order valence-electron chi connectivity index (χ4n) is 1.74. The average Bonchev–Trinajstić information content (AvgIpc) is 2.43. The molecular weight excluding hydrogens is 238 g/mol. The second-order valence-corrected chi connectivity index (χ2v) is 4.42. The summed E-state index contributed by atoms with van der Waals surface area (Å²) >= 11 is 0. The summed E-state index contributed by atoms with van der Waals surface area (Å²) in [6.45, 7) is 4.48. The molecule has 0 radical (unpaired) electrons. The summed E-state index contributed by atoms with van der Waals surface area (Å²) in [5.41, 5.74) is 4.05. The predicted octanol–water partition coefficient (Wildman–Crippen LogP) is 3.02. The molecule has 19 heavy (non-hydrogen) atoms. The van der Waals surface area contributed by atoms with Crippen LogP contribution in [0.2, 0.25) is 0 Å². The minimum absolute atomic E-state index is 0.211. The van der Waals surface area contributed by atoms with Crippen molar-refractivity contribution in [3.8, 4) is 0 Å². The highest BCUT2D eigenvalue weighted by Gasteiger charge is 2.05. The smallest absolute Gasteiger partial charge is 0.319 e. The first-order valence-corrected chi connectivity index (χ1v) is 6.17.